The first-order valence-corrected chi connectivity index (χ1v) is 9.45. The Kier molecular flexibility index (Phi) is 5.02. The molecule has 1 N–H and O–H groups in total. The van der Waals surface area contributed by atoms with Crippen molar-refractivity contribution in [2.24, 2.45) is 0 Å². The van der Waals surface area contributed by atoms with Crippen molar-refractivity contribution in [3.63, 3.8) is 0 Å². The van der Waals surface area contributed by atoms with Crippen LogP contribution in [0.3, 0.4) is 0 Å². The minimum atomic E-state index is -0.801. The van der Waals surface area contributed by atoms with Crippen LogP contribution in [0.5, 0.6) is 5.75 Å². The summed E-state index contributed by atoms with van der Waals surface area (Å²) in [4.78, 5) is 42.9. The minimum absolute atomic E-state index is 0.103. The Hall–Kier alpha value is -4.00. The van der Waals surface area contributed by atoms with E-state index in [1.54, 1.807) is 0 Å². The molecule has 7 nitrogen and oxygen atoms in total. The number of pyridine rings is 1. The molecule has 0 bridgehead atoms. The van der Waals surface area contributed by atoms with Gasteiger partial charge in [0.2, 0.25) is 0 Å². The van der Waals surface area contributed by atoms with Crippen LogP contribution in [0, 0.1) is 0 Å². The zero-order valence-electron chi connectivity index (χ0n) is 16.5. The van der Waals surface area contributed by atoms with Gasteiger partial charge in [-0.1, -0.05) is 30.3 Å². The molecule has 1 fully saturated rings. The number of nitrogens with one attached hydrogen (secondary N) is 1. The Balaban J connectivity index is 1.87. The highest BCUT2D eigenvalue weighted by atomic mass is 16.5. The van der Waals surface area contributed by atoms with Crippen molar-refractivity contribution in [2.75, 3.05) is 4.90 Å². The molecule has 4 rings (SSSR count). The second kappa shape index (κ2) is 7.79. The van der Waals surface area contributed by atoms with Gasteiger partial charge in [-0.15, -0.1) is 0 Å². The second-order valence-corrected chi connectivity index (χ2v) is 7.03. The van der Waals surface area contributed by atoms with Crippen molar-refractivity contribution in [1.29, 1.82) is 0 Å². The molecule has 1 aliphatic heterocycles. The quantitative estimate of drug-likeness (QED) is 0.532. The number of aromatic nitrogens is 1. The summed E-state index contributed by atoms with van der Waals surface area (Å²) in [6, 6.07) is 13.6. The highest BCUT2D eigenvalue weighted by Gasteiger charge is 2.37. The van der Waals surface area contributed by atoms with E-state index in [2.05, 4.69) is 10.3 Å². The first-order valence-electron chi connectivity index (χ1n) is 9.45. The molecule has 0 unspecified atom stereocenters. The number of benzene rings is 2. The third-order valence-corrected chi connectivity index (χ3v) is 4.60. The van der Waals surface area contributed by atoms with Gasteiger partial charge >= 0.3 is 6.03 Å². The van der Waals surface area contributed by atoms with E-state index in [9.17, 15) is 14.4 Å². The SMILES string of the molecule is CC(C)Oc1ccc2ccccc2c1/C=C1\C(=O)NC(=O)N(c2ccncc2)C1=O. The van der Waals surface area contributed by atoms with Crippen molar-refractivity contribution in [3.05, 3.63) is 72.1 Å². The summed E-state index contributed by atoms with van der Waals surface area (Å²) < 4.78 is 5.92. The number of carbonyl (C=O) groups is 3. The van der Waals surface area contributed by atoms with Crippen LogP contribution in [0.2, 0.25) is 0 Å². The molecule has 0 aliphatic carbocycles. The van der Waals surface area contributed by atoms with Crippen LogP contribution < -0.4 is 15.0 Å². The Labute approximate surface area is 173 Å². The number of anilines is 1. The number of ether oxygens (including phenoxy) is 1. The van der Waals surface area contributed by atoms with Crippen molar-refractivity contribution in [3.8, 4) is 5.75 Å². The van der Waals surface area contributed by atoms with Crippen molar-refractivity contribution in [1.82, 2.24) is 10.3 Å². The molecular weight excluding hydrogens is 382 g/mol. The predicted molar refractivity (Wildman–Crippen MR) is 113 cm³/mol. The predicted octanol–water partition coefficient (Wildman–Crippen LogP) is 3.69. The van der Waals surface area contributed by atoms with E-state index in [4.69, 9.17) is 4.74 Å². The van der Waals surface area contributed by atoms with Gasteiger partial charge in [0.1, 0.15) is 11.3 Å². The van der Waals surface area contributed by atoms with Crippen molar-refractivity contribution >= 4 is 40.4 Å². The normalized spacial score (nSPS) is 15.8. The molecule has 0 radical (unpaired) electrons. The number of hydrogen-bond donors (Lipinski definition) is 1. The molecule has 30 heavy (non-hydrogen) atoms. The molecule has 0 atom stereocenters. The first kappa shape index (κ1) is 19.3. The molecule has 4 amide bonds. The third-order valence-electron chi connectivity index (χ3n) is 4.60. The van der Waals surface area contributed by atoms with Gasteiger partial charge in [-0.05, 0) is 48.9 Å². The van der Waals surface area contributed by atoms with Gasteiger partial charge < -0.3 is 4.74 Å². The smallest absolute Gasteiger partial charge is 0.335 e. The third kappa shape index (κ3) is 3.53. The fourth-order valence-corrected chi connectivity index (χ4v) is 3.31. The van der Waals surface area contributed by atoms with Gasteiger partial charge in [-0.25, -0.2) is 9.69 Å². The Bertz CT molecular complexity index is 1190. The van der Waals surface area contributed by atoms with Crippen molar-refractivity contribution in [2.45, 2.75) is 20.0 Å². The molecule has 1 saturated heterocycles. The number of hydrogen-bond acceptors (Lipinski definition) is 5. The Morgan fingerprint density at radius 2 is 1.73 bits per heavy atom. The highest BCUT2D eigenvalue weighted by molar-refractivity contribution is 6.39. The molecule has 1 aliphatic rings. The average molecular weight is 401 g/mol. The van der Waals surface area contributed by atoms with E-state index in [0.717, 1.165) is 15.7 Å². The van der Waals surface area contributed by atoms with Crippen LogP contribution in [0.4, 0.5) is 10.5 Å². The lowest BCUT2D eigenvalue weighted by atomic mass is 9.99. The lowest BCUT2D eigenvalue weighted by Crippen LogP contribution is -2.54. The summed E-state index contributed by atoms with van der Waals surface area (Å²) in [6.07, 6.45) is 4.32. The topological polar surface area (TPSA) is 88.6 Å². The molecule has 2 aromatic carbocycles. The Morgan fingerprint density at radius 3 is 2.47 bits per heavy atom. The van der Waals surface area contributed by atoms with E-state index in [0.29, 0.717) is 17.0 Å². The van der Waals surface area contributed by atoms with E-state index >= 15 is 0 Å². The molecule has 150 valence electrons. The van der Waals surface area contributed by atoms with E-state index in [-0.39, 0.29) is 11.7 Å². The molecule has 3 aromatic rings. The van der Waals surface area contributed by atoms with Crippen LogP contribution in [0.1, 0.15) is 19.4 Å². The van der Waals surface area contributed by atoms with E-state index in [1.807, 2.05) is 50.2 Å². The second-order valence-electron chi connectivity index (χ2n) is 7.03. The van der Waals surface area contributed by atoms with Gasteiger partial charge in [0, 0.05) is 18.0 Å². The van der Waals surface area contributed by atoms with Crippen LogP contribution in [0.15, 0.2) is 66.5 Å². The van der Waals surface area contributed by atoms with E-state index in [1.165, 1.54) is 30.6 Å². The van der Waals surface area contributed by atoms with Gasteiger partial charge in [0.05, 0.1) is 11.8 Å². The van der Waals surface area contributed by atoms with Gasteiger partial charge in [-0.2, -0.15) is 0 Å². The molecule has 1 aromatic heterocycles. The number of carbonyl (C=O) groups excluding carboxylic acids is 3. The number of nitrogens with zero attached hydrogens (tertiary/aromatic N) is 2. The summed E-state index contributed by atoms with van der Waals surface area (Å²) in [5, 5.41) is 4.00. The summed E-state index contributed by atoms with van der Waals surface area (Å²) in [7, 11) is 0. The lowest BCUT2D eigenvalue weighted by molar-refractivity contribution is -0.122. The summed E-state index contributed by atoms with van der Waals surface area (Å²) in [6.45, 7) is 3.79. The maximum Gasteiger partial charge on any atom is 0.335 e. The summed E-state index contributed by atoms with van der Waals surface area (Å²) >= 11 is 0. The average Bonchev–Trinajstić information content (AvgIpc) is 2.72. The number of urea groups is 1. The van der Waals surface area contributed by atoms with Crippen LogP contribution in [-0.4, -0.2) is 28.9 Å². The fraction of sp³-hybridized carbons (Fsp3) is 0.130. The number of imide groups is 2. The maximum atomic E-state index is 13.1. The van der Waals surface area contributed by atoms with Crippen LogP contribution in [0.25, 0.3) is 16.8 Å². The monoisotopic (exact) mass is 401 g/mol. The molecule has 7 heteroatoms. The summed E-state index contributed by atoms with van der Waals surface area (Å²) in [5.74, 6) is -0.915. The van der Waals surface area contributed by atoms with Gasteiger partial charge in [-0.3, -0.25) is 19.9 Å². The molecule has 0 saturated carbocycles. The zero-order chi connectivity index (χ0) is 21.3. The lowest BCUT2D eigenvalue weighted by Gasteiger charge is -2.26. The van der Waals surface area contributed by atoms with Crippen LogP contribution >= 0.6 is 0 Å². The number of rotatable bonds is 4. The highest BCUT2D eigenvalue weighted by Crippen LogP contribution is 2.32. The number of amides is 4. The minimum Gasteiger partial charge on any atom is -0.490 e. The zero-order valence-corrected chi connectivity index (χ0v) is 16.5. The Morgan fingerprint density at radius 1 is 1.00 bits per heavy atom. The van der Waals surface area contributed by atoms with E-state index < -0.39 is 17.8 Å². The maximum absolute atomic E-state index is 13.1. The van der Waals surface area contributed by atoms with Gasteiger partial charge in [0.15, 0.2) is 0 Å². The molecule has 2 heterocycles. The molecule has 0 spiro atoms. The van der Waals surface area contributed by atoms with Crippen LogP contribution in [-0.2, 0) is 9.59 Å². The largest absolute Gasteiger partial charge is 0.490 e. The number of barbiturate groups is 1. The van der Waals surface area contributed by atoms with Gasteiger partial charge in [0.25, 0.3) is 11.8 Å². The first-order chi connectivity index (χ1) is 14.5. The number of fused-ring (bicyclic) bond motifs is 1. The standard InChI is InChI=1S/C23H19N3O4/c1-14(2)30-20-8-7-15-5-3-4-6-17(15)18(20)13-19-21(27)25-23(29)26(22(19)28)16-9-11-24-12-10-16/h3-14H,1-2H3,(H,25,27,29)/b19-13+. The fourth-order valence-electron chi connectivity index (χ4n) is 3.31. The summed E-state index contributed by atoms with van der Waals surface area (Å²) in [5.41, 5.74) is 0.767. The van der Waals surface area contributed by atoms with Crippen molar-refractivity contribution < 1.29 is 19.1 Å². The molecular formula is C23H19N3O4.